The molecule has 0 amide bonds. The number of aliphatic hydroxyl groups excluding tert-OH is 1. The molecule has 8 nitrogen and oxygen atoms in total. The highest BCUT2D eigenvalue weighted by Gasteiger charge is 2.23. The summed E-state index contributed by atoms with van der Waals surface area (Å²) in [4.78, 5) is 15.5. The lowest BCUT2D eigenvalue weighted by Gasteiger charge is -2.24. The number of sulfonamides is 1. The number of rotatable bonds is 8. The number of ether oxygens (including phenoxy) is 2. The maximum absolute atomic E-state index is 12.8. The van der Waals surface area contributed by atoms with Gasteiger partial charge in [0.1, 0.15) is 5.75 Å². The predicted molar refractivity (Wildman–Crippen MR) is 144 cm³/mol. The van der Waals surface area contributed by atoms with E-state index in [0.29, 0.717) is 34.0 Å². The van der Waals surface area contributed by atoms with Crippen molar-refractivity contribution in [2.24, 2.45) is 0 Å². The minimum atomic E-state index is -3.44. The third kappa shape index (κ3) is 6.35. The molecular weight excluding hydrogens is 480 g/mol. The van der Waals surface area contributed by atoms with Crippen molar-refractivity contribution in [2.45, 2.75) is 32.8 Å². The highest BCUT2D eigenvalue weighted by atomic mass is 32.2. The highest BCUT2D eigenvalue weighted by Crippen LogP contribution is 2.38. The third-order valence-corrected chi connectivity index (χ3v) is 6.21. The molecule has 0 aliphatic rings. The van der Waals surface area contributed by atoms with Crippen molar-refractivity contribution >= 4 is 27.9 Å². The molecule has 36 heavy (non-hydrogen) atoms. The largest absolute Gasteiger partial charge is 0.496 e. The number of aliphatic hydroxyl groups is 1. The Morgan fingerprint density at radius 1 is 1.00 bits per heavy atom. The van der Waals surface area contributed by atoms with Crippen LogP contribution in [-0.2, 0) is 22.0 Å². The Kier molecular flexibility index (Phi) is 7.96. The number of benzene rings is 2. The van der Waals surface area contributed by atoms with Crippen molar-refractivity contribution in [2.75, 3.05) is 25.2 Å². The van der Waals surface area contributed by atoms with Gasteiger partial charge in [0.2, 0.25) is 10.0 Å². The second-order valence-corrected chi connectivity index (χ2v) is 11.2. The van der Waals surface area contributed by atoms with E-state index in [2.05, 4.69) is 30.5 Å². The van der Waals surface area contributed by atoms with Gasteiger partial charge in [-0.15, -0.1) is 0 Å². The standard InChI is InChI=1S/C27H32N2O6S/c1-27(2,3)23-15-19(22-11-12-24(34-4)28-26(22)31)13-18(25(23)35-5)8-7-17-9-10-21(14-20(17)16-30)29-36(6,32)33/h7-15,29-30H,16H2,1-6H3,(H,28,31)/b8-7+. The normalized spacial score (nSPS) is 12.1. The van der Waals surface area contributed by atoms with E-state index in [1.807, 2.05) is 24.3 Å². The smallest absolute Gasteiger partial charge is 0.258 e. The van der Waals surface area contributed by atoms with E-state index in [-0.39, 0.29) is 17.6 Å². The van der Waals surface area contributed by atoms with E-state index < -0.39 is 10.0 Å². The maximum atomic E-state index is 12.8. The molecule has 192 valence electrons. The number of aromatic nitrogens is 1. The fourth-order valence-electron chi connectivity index (χ4n) is 3.88. The molecule has 3 aromatic rings. The molecule has 0 bridgehead atoms. The van der Waals surface area contributed by atoms with Crippen LogP contribution < -0.4 is 19.8 Å². The molecule has 3 rings (SSSR count). The molecule has 0 saturated carbocycles. The minimum Gasteiger partial charge on any atom is -0.496 e. The number of nitrogens with one attached hydrogen (secondary N) is 2. The number of pyridine rings is 1. The first-order valence-electron chi connectivity index (χ1n) is 11.3. The van der Waals surface area contributed by atoms with Gasteiger partial charge in [0.15, 0.2) is 5.88 Å². The van der Waals surface area contributed by atoms with Crippen LogP contribution in [0.25, 0.3) is 23.3 Å². The van der Waals surface area contributed by atoms with Crippen LogP contribution in [0.15, 0.2) is 47.3 Å². The van der Waals surface area contributed by atoms with Gasteiger partial charge < -0.3 is 14.6 Å². The van der Waals surface area contributed by atoms with Crippen LogP contribution >= 0.6 is 0 Å². The summed E-state index contributed by atoms with van der Waals surface area (Å²) < 4.78 is 36.4. The summed E-state index contributed by atoms with van der Waals surface area (Å²) >= 11 is 0. The SMILES string of the molecule is COc1ccc(-c2cc(/C=C/c3ccc(NS(C)(=O)=O)cc3CO)c(OC)c(C(C)(C)C)c2)c(=O)[nH]1. The molecule has 0 saturated heterocycles. The second kappa shape index (κ2) is 10.6. The summed E-state index contributed by atoms with van der Waals surface area (Å²) in [6.45, 7) is 5.93. The average Bonchev–Trinajstić information content (AvgIpc) is 2.80. The monoisotopic (exact) mass is 512 g/mol. The van der Waals surface area contributed by atoms with Crippen molar-refractivity contribution in [1.82, 2.24) is 4.98 Å². The Morgan fingerprint density at radius 3 is 2.25 bits per heavy atom. The van der Waals surface area contributed by atoms with Crippen molar-refractivity contribution in [3.8, 4) is 22.8 Å². The molecule has 0 fully saturated rings. The second-order valence-electron chi connectivity index (χ2n) is 9.45. The summed E-state index contributed by atoms with van der Waals surface area (Å²) in [5.74, 6) is 1.05. The summed E-state index contributed by atoms with van der Waals surface area (Å²) in [5.41, 5.74) is 3.97. The molecule has 0 radical (unpaired) electrons. The average molecular weight is 513 g/mol. The Hall–Kier alpha value is -3.56. The van der Waals surface area contributed by atoms with Gasteiger partial charge in [-0.2, -0.15) is 0 Å². The quantitative estimate of drug-likeness (QED) is 0.385. The van der Waals surface area contributed by atoms with E-state index in [1.165, 1.54) is 7.11 Å². The van der Waals surface area contributed by atoms with Crippen LogP contribution in [0.5, 0.6) is 11.6 Å². The van der Waals surface area contributed by atoms with Crippen molar-refractivity contribution in [1.29, 1.82) is 0 Å². The number of anilines is 1. The van der Waals surface area contributed by atoms with Crippen molar-refractivity contribution in [3.63, 3.8) is 0 Å². The molecule has 1 heterocycles. The fourth-order valence-corrected chi connectivity index (χ4v) is 4.44. The number of methoxy groups -OCH3 is 2. The zero-order chi connectivity index (χ0) is 26.7. The molecule has 0 aliphatic heterocycles. The predicted octanol–water partition coefficient (Wildman–Crippen LogP) is 4.39. The molecule has 1 aromatic heterocycles. The highest BCUT2D eigenvalue weighted by molar-refractivity contribution is 7.92. The molecular formula is C27H32N2O6S. The van der Waals surface area contributed by atoms with Gasteiger partial charge in [-0.25, -0.2) is 8.42 Å². The van der Waals surface area contributed by atoms with E-state index in [4.69, 9.17) is 9.47 Å². The van der Waals surface area contributed by atoms with E-state index >= 15 is 0 Å². The maximum Gasteiger partial charge on any atom is 0.258 e. The van der Waals surface area contributed by atoms with Crippen LogP contribution in [0.1, 0.15) is 43.0 Å². The van der Waals surface area contributed by atoms with Crippen LogP contribution in [0.4, 0.5) is 5.69 Å². The number of hydrogen-bond donors (Lipinski definition) is 3. The van der Waals surface area contributed by atoms with Crippen molar-refractivity contribution in [3.05, 3.63) is 75.1 Å². The zero-order valence-electron chi connectivity index (χ0n) is 21.3. The Labute approximate surface area is 211 Å². The van der Waals surface area contributed by atoms with E-state index in [0.717, 1.165) is 22.9 Å². The molecule has 9 heteroatoms. The Bertz CT molecular complexity index is 1450. The summed E-state index contributed by atoms with van der Waals surface area (Å²) in [6, 6.07) is 12.2. The van der Waals surface area contributed by atoms with Crippen molar-refractivity contribution < 1.29 is 23.0 Å². The molecule has 0 unspecified atom stereocenters. The molecule has 0 aliphatic carbocycles. The first kappa shape index (κ1) is 27.0. The van der Waals surface area contributed by atoms with Gasteiger partial charge in [0.05, 0.1) is 27.1 Å². The van der Waals surface area contributed by atoms with Gasteiger partial charge in [-0.05, 0) is 58.5 Å². The van der Waals surface area contributed by atoms with Gasteiger partial charge >= 0.3 is 0 Å². The van der Waals surface area contributed by atoms with Crippen LogP contribution in [0.2, 0.25) is 0 Å². The molecule has 0 spiro atoms. The summed E-state index contributed by atoms with van der Waals surface area (Å²) in [5, 5.41) is 9.87. The Balaban J connectivity index is 2.15. The molecule has 0 atom stereocenters. The molecule has 3 N–H and O–H groups in total. The van der Waals surface area contributed by atoms with Crippen LogP contribution in [0, 0.1) is 0 Å². The number of H-pyrrole nitrogens is 1. The lowest BCUT2D eigenvalue weighted by Crippen LogP contribution is -2.15. The first-order chi connectivity index (χ1) is 16.9. The van der Waals surface area contributed by atoms with E-state index in [9.17, 15) is 18.3 Å². The van der Waals surface area contributed by atoms with Gasteiger partial charge in [-0.1, -0.05) is 39.0 Å². The summed E-state index contributed by atoms with van der Waals surface area (Å²) in [7, 11) is -0.346. The zero-order valence-corrected chi connectivity index (χ0v) is 22.1. The topological polar surface area (TPSA) is 118 Å². The van der Waals surface area contributed by atoms with Gasteiger partial charge in [0, 0.05) is 22.4 Å². The first-order valence-corrected chi connectivity index (χ1v) is 13.1. The third-order valence-electron chi connectivity index (χ3n) is 5.60. The number of aromatic amines is 1. The van der Waals surface area contributed by atoms with E-state index in [1.54, 1.807) is 37.4 Å². The Morgan fingerprint density at radius 2 is 1.69 bits per heavy atom. The lowest BCUT2D eigenvalue weighted by atomic mass is 9.83. The summed E-state index contributed by atoms with van der Waals surface area (Å²) in [6.07, 6.45) is 4.74. The van der Waals surface area contributed by atoms with Crippen LogP contribution in [-0.4, -0.2) is 39.0 Å². The fraction of sp³-hybridized carbons (Fsp3) is 0.296. The van der Waals surface area contributed by atoms with Gasteiger partial charge in [-0.3, -0.25) is 14.5 Å². The van der Waals surface area contributed by atoms with Gasteiger partial charge in [0.25, 0.3) is 5.56 Å². The van der Waals surface area contributed by atoms with Crippen LogP contribution in [0.3, 0.4) is 0 Å². The minimum absolute atomic E-state index is 0.272. The molecule has 2 aromatic carbocycles. The number of hydrogen-bond acceptors (Lipinski definition) is 6. The lowest BCUT2D eigenvalue weighted by molar-refractivity contribution is 0.281.